The van der Waals surface area contributed by atoms with Gasteiger partial charge in [0, 0.05) is 18.4 Å². The Balaban J connectivity index is 1.47. The highest BCUT2D eigenvalue weighted by molar-refractivity contribution is 5.16. The Hall–Kier alpha value is -1.67. The lowest BCUT2D eigenvalue weighted by Gasteiger charge is -2.32. The zero-order valence-corrected chi connectivity index (χ0v) is 12.8. The van der Waals surface area contributed by atoms with Crippen molar-refractivity contribution in [1.29, 1.82) is 0 Å². The summed E-state index contributed by atoms with van der Waals surface area (Å²) in [6, 6.07) is 15.2. The Labute approximate surface area is 127 Å². The summed E-state index contributed by atoms with van der Waals surface area (Å²) in [5.41, 5.74) is 3.92. The van der Waals surface area contributed by atoms with Gasteiger partial charge in [-0.05, 0) is 62.4 Å². The molecule has 1 saturated heterocycles. The van der Waals surface area contributed by atoms with E-state index in [2.05, 4.69) is 52.3 Å². The summed E-state index contributed by atoms with van der Waals surface area (Å²) < 4.78 is 0. The zero-order chi connectivity index (χ0) is 14.5. The maximum atomic E-state index is 4.39. The van der Waals surface area contributed by atoms with Gasteiger partial charge in [-0.3, -0.25) is 9.88 Å². The SMILES string of the molecule is Cc1ccc(CN2CCC(Cc3ccccc3)CC2)cn1. The number of rotatable bonds is 4. The summed E-state index contributed by atoms with van der Waals surface area (Å²) in [7, 11) is 0. The lowest BCUT2D eigenvalue weighted by molar-refractivity contribution is 0.177. The second-order valence-electron chi connectivity index (χ2n) is 6.22. The minimum Gasteiger partial charge on any atom is -0.299 e. The van der Waals surface area contributed by atoms with Crippen molar-refractivity contribution in [3.63, 3.8) is 0 Å². The molecule has 0 N–H and O–H groups in total. The van der Waals surface area contributed by atoms with E-state index in [1.165, 1.54) is 43.5 Å². The van der Waals surface area contributed by atoms with Crippen molar-refractivity contribution in [2.24, 2.45) is 5.92 Å². The summed E-state index contributed by atoms with van der Waals surface area (Å²) in [6.45, 7) is 5.51. The van der Waals surface area contributed by atoms with Gasteiger partial charge >= 0.3 is 0 Å². The molecule has 3 rings (SSSR count). The molecule has 0 unspecified atom stereocenters. The van der Waals surface area contributed by atoms with E-state index in [0.717, 1.165) is 18.2 Å². The van der Waals surface area contributed by atoms with Crippen LogP contribution in [0.25, 0.3) is 0 Å². The molecule has 1 aromatic carbocycles. The number of hydrogen-bond acceptors (Lipinski definition) is 2. The molecule has 0 bridgehead atoms. The van der Waals surface area contributed by atoms with Crippen LogP contribution in [-0.2, 0) is 13.0 Å². The molecule has 0 spiro atoms. The molecule has 0 amide bonds. The summed E-state index contributed by atoms with van der Waals surface area (Å²) in [5, 5.41) is 0. The second kappa shape index (κ2) is 6.86. The van der Waals surface area contributed by atoms with Crippen LogP contribution in [0.3, 0.4) is 0 Å². The smallest absolute Gasteiger partial charge is 0.0372 e. The van der Waals surface area contributed by atoms with E-state index in [1.54, 1.807) is 0 Å². The minimum absolute atomic E-state index is 0.847. The van der Waals surface area contributed by atoms with Gasteiger partial charge in [0.15, 0.2) is 0 Å². The summed E-state index contributed by atoms with van der Waals surface area (Å²) in [4.78, 5) is 6.95. The largest absolute Gasteiger partial charge is 0.299 e. The Morgan fingerprint density at radius 1 is 1.00 bits per heavy atom. The highest BCUT2D eigenvalue weighted by Gasteiger charge is 2.19. The van der Waals surface area contributed by atoms with E-state index < -0.39 is 0 Å². The van der Waals surface area contributed by atoms with Gasteiger partial charge in [-0.2, -0.15) is 0 Å². The third-order valence-corrected chi connectivity index (χ3v) is 4.45. The molecule has 1 aliphatic heterocycles. The quantitative estimate of drug-likeness (QED) is 0.846. The Kier molecular flexibility index (Phi) is 4.66. The Morgan fingerprint density at radius 3 is 2.43 bits per heavy atom. The van der Waals surface area contributed by atoms with E-state index in [-0.39, 0.29) is 0 Å². The number of aryl methyl sites for hydroxylation is 1. The lowest BCUT2D eigenvalue weighted by atomic mass is 9.90. The van der Waals surface area contributed by atoms with Crippen LogP contribution in [0.5, 0.6) is 0 Å². The highest BCUT2D eigenvalue weighted by atomic mass is 15.1. The van der Waals surface area contributed by atoms with Crippen LogP contribution in [0.15, 0.2) is 48.7 Å². The first kappa shape index (κ1) is 14.3. The van der Waals surface area contributed by atoms with E-state index in [0.29, 0.717) is 0 Å². The molecule has 0 radical (unpaired) electrons. The van der Waals surface area contributed by atoms with Crippen molar-refractivity contribution in [1.82, 2.24) is 9.88 Å². The van der Waals surface area contributed by atoms with E-state index >= 15 is 0 Å². The van der Waals surface area contributed by atoms with Gasteiger partial charge in [0.25, 0.3) is 0 Å². The van der Waals surface area contributed by atoms with Gasteiger partial charge in [-0.25, -0.2) is 0 Å². The molecule has 2 heteroatoms. The van der Waals surface area contributed by atoms with Crippen LogP contribution < -0.4 is 0 Å². The molecule has 2 heterocycles. The maximum absolute atomic E-state index is 4.39. The van der Waals surface area contributed by atoms with Crippen LogP contribution in [-0.4, -0.2) is 23.0 Å². The fourth-order valence-corrected chi connectivity index (χ4v) is 3.15. The summed E-state index contributed by atoms with van der Waals surface area (Å²) in [6.07, 6.45) is 5.88. The maximum Gasteiger partial charge on any atom is 0.0372 e. The second-order valence-corrected chi connectivity index (χ2v) is 6.22. The molecule has 0 aliphatic carbocycles. The molecular formula is C19H24N2. The van der Waals surface area contributed by atoms with Crippen LogP contribution >= 0.6 is 0 Å². The first-order chi connectivity index (χ1) is 10.3. The van der Waals surface area contributed by atoms with Crippen LogP contribution in [0, 0.1) is 12.8 Å². The predicted molar refractivity (Wildman–Crippen MR) is 87.1 cm³/mol. The molecule has 0 saturated carbocycles. The number of piperidine rings is 1. The summed E-state index contributed by atoms with van der Waals surface area (Å²) >= 11 is 0. The molecule has 2 nitrogen and oxygen atoms in total. The molecule has 1 aliphatic rings. The van der Waals surface area contributed by atoms with Crippen molar-refractivity contribution < 1.29 is 0 Å². The minimum atomic E-state index is 0.847. The first-order valence-corrected chi connectivity index (χ1v) is 7.97. The number of benzene rings is 1. The first-order valence-electron chi connectivity index (χ1n) is 7.97. The predicted octanol–water partition coefficient (Wildman–Crippen LogP) is 3.84. The van der Waals surface area contributed by atoms with Crippen molar-refractivity contribution in [2.45, 2.75) is 32.7 Å². The Bertz CT molecular complexity index is 540. The number of likely N-dealkylation sites (tertiary alicyclic amines) is 1. The van der Waals surface area contributed by atoms with Gasteiger partial charge in [-0.1, -0.05) is 36.4 Å². The number of pyridine rings is 1. The van der Waals surface area contributed by atoms with Crippen molar-refractivity contribution in [3.05, 3.63) is 65.5 Å². The fraction of sp³-hybridized carbons (Fsp3) is 0.421. The third-order valence-electron chi connectivity index (χ3n) is 4.45. The van der Waals surface area contributed by atoms with Gasteiger partial charge < -0.3 is 0 Å². The third kappa shape index (κ3) is 4.15. The van der Waals surface area contributed by atoms with Crippen LogP contribution in [0.4, 0.5) is 0 Å². The van der Waals surface area contributed by atoms with Crippen LogP contribution in [0.1, 0.15) is 29.7 Å². The van der Waals surface area contributed by atoms with Crippen molar-refractivity contribution in [2.75, 3.05) is 13.1 Å². The average molecular weight is 280 g/mol. The summed E-state index contributed by atoms with van der Waals surface area (Å²) in [5.74, 6) is 0.847. The normalized spacial score (nSPS) is 17.0. The molecule has 110 valence electrons. The van der Waals surface area contributed by atoms with E-state index in [1.807, 2.05) is 13.1 Å². The van der Waals surface area contributed by atoms with E-state index in [9.17, 15) is 0 Å². The van der Waals surface area contributed by atoms with Gasteiger partial charge in [0.05, 0.1) is 0 Å². The van der Waals surface area contributed by atoms with Crippen molar-refractivity contribution in [3.8, 4) is 0 Å². The number of hydrogen-bond donors (Lipinski definition) is 0. The zero-order valence-electron chi connectivity index (χ0n) is 12.8. The van der Waals surface area contributed by atoms with Gasteiger partial charge in [0.1, 0.15) is 0 Å². The van der Waals surface area contributed by atoms with Crippen LogP contribution in [0.2, 0.25) is 0 Å². The molecule has 21 heavy (non-hydrogen) atoms. The van der Waals surface area contributed by atoms with Gasteiger partial charge in [0.2, 0.25) is 0 Å². The number of nitrogens with zero attached hydrogens (tertiary/aromatic N) is 2. The highest BCUT2D eigenvalue weighted by Crippen LogP contribution is 2.22. The molecule has 0 atom stereocenters. The molecular weight excluding hydrogens is 256 g/mol. The van der Waals surface area contributed by atoms with Crippen molar-refractivity contribution >= 4 is 0 Å². The Morgan fingerprint density at radius 2 is 1.76 bits per heavy atom. The number of aromatic nitrogens is 1. The standard InChI is InChI=1S/C19H24N2/c1-16-7-8-19(14-20-16)15-21-11-9-18(10-12-21)13-17-5-3-2-4-6-17/h2-8,14,18H,9-13,15H2,1H3. The molecule has 2 aromatic rings. The van der Waals surface area contributed by atoms with Gasteiger partial charge in [-0.15, -0.1) is 0 Å². The fourth-order valence-electron chi connectivity index (χ4n) is 3.15. The average Bonchev–Trinajstić information content (AvgIpc) is 2.53. The lowest BCUT2D eigenvalue weighted by Crippen LogP contribution is -2.33. The molecule has 1 fully saturated rings. The monoisotopic (exact) mass is 280 g/mol. The topological polar surface area (TPSA) is 16.1 Å². The van der Waals surface area contributed by atoms with E-state index in [4.69, 9.17) is 0 Å². The molecule has 1 aromatic heterocycles.